The van der Waals surface area contributed by atoms with Gasteiger partial charge in [0, 0.05) is 6.20 Å². The molecule has 2 heterocycles. The van der Waals surface area contributed by atoms with Crippen LogP contribution in [-0.4, -0.2) is 14.8 Å². The van der Waals surface area contributed by atoms with Gasteiger partial charge in [-0.2, -0.15) is 5.10 Å². The van der Waals surface area contributed by atoms with Crippen molar-refractivity contribution in [1.82, 2.24) is 14.8 Å². The lowest BCUT2D eigenvalue weighted by Gasteiger charge is -2.09. The van der Waals surface area contributed by atoms with Crippen molar-refractivity contribution < 1.29 is 4.74 Å². The molecule has 0 spiro atoms. The molecule has 0 aliphatic heterocycles. The highest BCUT2D eigenvalue weighted by Gasteiger charge is 2.17. The molecule has 1 saturated carbocycles. The van der Waals surface area contributed by atoms with Crippen molar-refractivity contribution in [2.75, 3.05) is 0 Å². The van der Waals surface area contributed by atoms with Crippen LogP contribution in [0.1, 0.15) is 37.4 Å². The molecule has 0 saturated heterocycles. The molecule has 19 heavy (non-hydrogen) atoms. The molecule has 0 aromatic carbocycles. The average Bonchev–Trinajstić information content (AvgIpc) is 3.09. The van der Waals surface area contributed by atoms with Crippen molar-refractivity contribution in [3.8, 4) is 5.75 Å². The van der Waals surface area contributed by atoms with Crippen LogP contribution in [0.2, 0.25) is 5.15 Å². The summed E-state index contributed by atoms with van der Waals surface area (Å²) in [6, 6.07) is 6.12. The Kier molecular flexibility index (Phi) is 3.69. The number of pyridine rings is 1. The highest BCUT2D eigenvalue weighted by molar-refractivity contribution is 6.29. The molecule has 0 radical (unpaired) electrons. The van der Waals surface area contributed by atoms with E-state index in [0.29, 0.717) is 23.6 Å². The van der Waals surface area contributed by atoms with Gasteiger partial charge in [-0.15, -0.1) is 0 Å². The van der Waals surface area contributed by atoms with E-state index in [0.717, 1.165) is 5.69 Å². The molecule has 1 aliphatic rings. The summed E-state index contributed by atoms with van der Waals surface area (Å²) in [5.41, 5.74) is 0.946. The first-order valence-electron chi connectivity index (χ1n) is 6.60. The summed E-state index contributed by atoms with van der Waals surface area (Å²) < 4.78 is 7.70. The molecule has 0 N–H and O–H groups in total. The topological polar surface area (TPSA) is 39.9 Å². The van der Waals surface area contributed by atoms with E-state index in [4.69, 9.17) is 16.3 Å². The molecule has 100 valence electrons. The molecule has 4 nitrogen and oxygen atoms in total. The Balaban J connectivity index is 1.59. The summed E-state index contributed by atoms with van der Waals surface area (Å²) in [4.78, 5) is 3.97. The van der Waals surface area contributed by atoms with Crippen molar-refractivity contribution >= 4 is 11.6 Å². The van der Waals surface area contributed by atoms with Crippen LogP contribution in [0.15, 0.2) is 30.6 Å². The number of hydrogen-bond acceptors (Lipinski definition) is 3. The first-order valence-corrected chi connectivity index (χ1v) is 6.97. The number of aromatic nitrogens is 3. The van der Waals surface area contributed by atoms with Crippen LogP contribution in [-0.2, 0) is 6.61 Å². The highest BCUT2D eigenvalue weighted by Crippen LogP contribution is 2.28. The maximum absolute atomic E-state index is 5.72. The van der Waals surface area contributed by atoms with Gasteiger partial charge in [-0.25, -0.2) is 4.98 Å². The quantitative estimate of drug-likeness (QED) is 0.801. The summed E-state index contributed by atoms with van der Waals surface area (Å²) >= 11 is 5.72. The average molecular weight is 278 g/mol. The first-order chi connectivity index (χ1) is 9.31. The smallest absolute Gasteiger partial charge is 0.138 e. The van der Waals surface area contributed by atoms with Crippen molar-refractivity contribution in [1.29, 1.82) is 0 Å². The maximum Gasteiger partial charge on any atom is 0.138 e. The van der Waals surface area contributed by atoms with Crippen molar-refractivity contribution in [3.05, 3.63) is 41.4 Å². The van der Waals surface area contributed by atoms with E-state index in [9.17, 15) is 0 Å². The van der Waals surface area contributed by atoms with Gasteiger partial charge in [0.1, 0.15) is 17.5 Å². The van der Waals surface area contributed by atoms with Gasteiger partial charge in [0.25, 0.3) is 0 Å². The van der Waals surface area contributed by atoms with Crippen LogP contribution in [0.25, 0.3) is 0 Å². The molecule has 0 atom stereocenters. The fraction of sp³-hybridized carbons (Fsp3) is 0.429. The summed E-state index contributed by atoms with van der Waals surface area (Å²) in [7, 11) is 0. The molecule has 2 aromatic rings. The fourth-order valence-corrected chi connectivity index (χ4v) is 2.54. The number of ether oxygens (including phenoxy) is 1. The molecule has 0 amide bonds. The highest BCUT2D eigenvalue weighted by atomic mass is 35.5. The second-order valence-corrected chi connectivity index (χ2v) is 5.22. The minimum atomic E-state index is 0.461. The summed E-state index contributed by atoms with van der Waals surface area (Å²) in [6.07, 6.45) is 8.77. The van der Waals surface area contributed by atoms with Gasteiger partial charge in [-0.05, 0) is 31.0 Å². The normalized spacial score (nSPS) is 15.8. The van der Waals surface area contributed by atoms with Crippen LogP contribution >= 0.6 is 11.6 Å². The second kappa shape index (κ2) is 5.61. The van der Waals surface area contributed by atoms with Crippen LogP contribution in [0.4, 0.5) is 0 Å². The summed E-state index contributed by atoms with van der Waals surface area (Å²) in [5, 5.41) is 5.04. The Hall–Kier alpha value is -1.55. The number of hydrogen-bond donors (Lipinski definition) is 0. The van der Waals surface area contributed by atoms with E-state index in [-0.39, 0.29) is 0 Å². The Morgan fingerprint density at radius 1 is 1.26 bits per heavy atom. The SMILES string of the molecule is Clc1ccc(OCc2ccn(C3CCCC3)n2)cn1. The first kappa shape index (κ1) is 12.5. The Morgan fingerprint density at radius 3 is 2.84 bits per heavy atom. The predicted molar refractivity (Wildman–Crippen MR) is 73.3 cm³/mol. The molecular weight excluding hydrogens is 262 g/mol. The largest absolute Gasteiger partial charge is 0.486 e. The Morgan fingerprint density at radius 2 is 2.11 bits per heavy atom. The molecule has 1 aliphatic carbocycles. The molecule has 2 aromatic heterocycles. The second-order valence-electron chi connectivity index (χ2n) is 4.83. The zero-order valence-corrected chi connectivity index (χ0v) is 11.4. The monoisotopic (exact) mass is 277 g/mol. The third kappa shape index (κ3) is 3.07. The van der Waals surface area contributed by atoms with E-state index >= 15 is 0 Å². The van der Waals surface area contributed by atoms with Crippen molar-refractivity contribution in [2.24, 2.45) is 0 Å². The Bertz CT molecular complexity index is 532. The lowest BCUT2D eigenvalue weighted by Crippen LogP contribution is -2.06. The lowest BCUT2D eigenvalue weighted by molar-refractivity contribution is 0.297. The molecule has 0 unspecified atom stereocenters. The number of halogens is 1. The van der Waals surface area contributed by atoms with E-state index in [1.807, 2.05) is 12.1 Å². The van der Waals surface area contributed by atoms with Gasteiger partial charge in [0.2, 0.25) is 0 Å². The molecule has 1 fully saturated rings. The van der Waals surface area contributed by atoms with E-state index < -0.39 is 0 Å². The lowest BCUT2D eigenvalue weighted by atomic mass is 10.3. The number of rotatable bonds is 4. The van der Waals surface area contributed by atoms with E-state index in [1.54, 1.807) is 12.3 Å². The Labute approximate surface area is 117 Å². The summed E-state index contributed by atoms with van der Waals surface area (Å²) in [5.74, 6) is 0.708. The van der Waals surface area contributed by atoms with Gasteiger partial charge < -0.3 is 4.74 Å². The van der Waals surface area contributed by atoms with Crippen LogP contribution in [0.5, 0.6) is 5.75 Å². The summed E-state index contributed by atoms with van der Waals surface area (Å²) in [6.45, 7) is 0.461. The van der Waals surface area contributed by atoms with Gasteiger partial charge in [0.15, 0.2) is 0 Å². The predicted octanol–water partition coefficient (Wildman–Crippen LogP) is 3.63. The fourth-order valence-electron chi connectivity index (χ4n) is 2.43. The third-order valence-electron chi connectivity index (χ3n) is 3.45. The standard InChI is InChI=1S/C14H16ClN3O/c15-14-6-5-13(9-16-14)19-10-11-7-8-18(17-11)12-3-1-2-4-12/h5-9,12H,1-4,10H2. The van der Waals surface area contributed by atoms with Crippen molar-refractivity contribution in [3.63, 3.8) is 0 Å². The molecule has 5 heteroatoms. The van der Waals surface area contributed by atoms with Crippen LogP contribution in [0.3, 0.4) is 0 Å². The van der Waals surface area contributed by atoms with Gasteiger partial charge >= 0.3 is 0 Å². The zero-order chi connectivity index (χ0) is 13.1. The molecule has 0 bridgehead atoms. The van der Waals surface area contributed by atoms with E-state index in [2.05, 4.69) is 21.0 Å². The van der Waals surface area contributed by atoms with Gasteiger partial charge in [-0.1, -0.05) is 24.4 Å². The minimum Gasteiger partial charge on any atom is -0.486 e. The third-order valence-corrected chi connectivity index (χ3v) is 3.67. The zero-order valence-electron chi connectivity index (χ0n) is 10.6. The van der Waals surface area contributed by atoms with Gasteiger partial charge in [-0.3, -0.25) is 4.68 Å². The van der Waals surface area contributed by atoms with Gasteiger partial charge in [0.05, 0.1) is 17.9 Å². The minimum absolute atomic E-state index is 0.461. The molecular formula is C14H16ClN3O. The maximum atomic E-state index is 5.72. The van der Waals surface area contributed by atoms with Crippen molar-refractivity contribution in [2.45, 2.75) is 38.3 Å². The number of nitrogens with zero attached hydrogens (tertiary/aromatic N) is 3. The van der Waals surface area contributed by atoms with E-state index in [1.165, 1.54) is 25.7 Å². The molecule has 3 rings (SSSR count). The van der Waals surface area contributed by atoms with Crippen LogP contribution < -0.4 is 4.74 Å². The van der Waals surface area contributed by atoms with Crippen LogP contribution in [0, 0.1) is 0 Å².